The van der Waals surface area contributed by atoms with Crippen LogP contribution in [0.15, 0.2) is 22.7 Å². The molecule has 0 aliphatic heterocycles. The Labute approximate surface area is 130 Å². The second-order valence-corrected chi connectivity index (χ2v) is 8.44. The van der Waals surface area contributed by atoms with E-state index in [9.17, 15) is 0 Å². The maximum Gasteiger partial charge on any atom is 0.0178 e. The van der Waals surface area contributed by atoms with Gasteiger partial charge in [0.25, 0.3) is 0 Å². The molecule has 5 rings (SSSR count). The van der Waals surface area contributed by atoms with Crippen LogP contribution in [0.25, 0.3) is 0 Å². The molecule has 4 bridgehead atoms. The summed E-state index contributed by atoms with van der Waals surface area (Å²) in [6.07, 6.45) is 7.19. The maximum absolute atomic E-state index is 3.69. The molecule has 2 unspecified atom stereocenters. The second-order valence-electron chi connectivity index (χ2n) is 7.52. The van der Waals surface area contributed by atoms with Gasteiger partial charge in [0.2, 0.25) is 0 Å². The third kappa shape index (κ3) is 1.84. The first kappa shape index (κ1) is 13.3. The standard InChI is InChI=1S/C18H24BrN/c1-11-3-4-15(19)7-16(11)18-8-12-5-13(9-18)17(20-2)14(6-12)10-18/h3-4,7,12-14,17,20H,5-6,8-10H2,1-2H3. The van der Waals surface area contributed by atoms with E-state index < -0.39 is 0 Å². The van der Waals surface area contributed by atoms with E-state index in [1.807, 2.05) is 0 Å². The van der Waals surface area contributed by atoms with Crippen molar-refractivity contribution >= 4 is 15.9 Å². The van der Waals surface area contributed by atoms with Crippen molar-refractivity contribution in [2.45, 2.75) is 50.5 Å². The molecule has 2 heteroatoms. The molecule has 108 valence electrons. The molecular weight excluding hydrogens is 310 g/mol. The van der Waals surface area contributed by atoms with Crippen molar-refractivity contribution in [2.75, 3.05) is 7.05 Å². The van der Waals surface area contributed by atoms with E-state index >= 15 is 0 Å². The number of hydrogen-bond acceptors (Lipinski definition) is 1. The van der Waals surface area contributed by atoms with Crippen LogP contribution < -0.4 is 5.32 Å². The molecule has 0 aromatic heterocycles. The zero-order chi connectivity index (χ0) is 13.9. The fraction of sp³-hybridized carbons (Fsp3) is 0.667. The Morgan fingerprint density at radius 1 is 1.15 bits per heavy atom. The number of nitrogens with one attached hydrogen (secondary N) is 1. The fourth-order valence-corrected chi connectivity index (χ4v) is 6.35. The van der Waals surface area contributed by atoms with Crippen LogP contribution in [0.4, 0.5) is 0 Å². The van der Waals surface area contributed by atoms with Gasteiger partial charge in [-0.05, 0) is 92.5 Å². The summed E-state index contributed by atoms with van der Waals surface area (Å²) >= 11 is 3.69. The van der Waals surface area contributed by atoms with Gasteiger partial charge in [0.1, 0.15) is 0 Å². The molecule has 0 heterocycles. The van der Waals surface area contributed by atoms with Crippen molar-refractivity contribution in [3.8, 4) is 0 Å². The van der Waals surface area contributed by atoms with Gasteiger partial charge < -0.3 is 5.32 Å². The Balaban J connectivity index is 1.77. The van der Waals surface area contributed by atoms with Crippen molar-refractivity contribution < 1.29 is 0 Å². The second kappa shape index (κ2) is 4.58. The van der Waals surface area contributed by atoms with Crippen LogP contribution in [-0.4, -0.2) is 13.1 Å². The van der Waals surface area contributed by atoms with Crippen LogP contribution in [0.2, 0.25) is 0 Å². The first-order chi connectivity index (χ1) is 9.61. The van der Waals surface area contributed by atoms with Crippen LogP contribution in [0.3, 0.4) is 0 Å². The SMILES string of the molecule is CNC1C2CC3CC1CC(c1cc(Br)ccc1C)(C3)C2. The monoisotopic (exact) mass is 333 g/mol. The van der Waals surface area contributed by atoms with Gasteiger partial charge in [-0.25, -0.2) is 0 Å². The van der Waals surface area contributed by atoms with Gasteiger partial charge in [-0.3, -0.25) is 0 Å². The van der Waals surface area contributed by atoms with Crippen LogP contribution >= 0.6 is 15.9 Å². The maximum atomic E-state index is 3.69. The Morgan fingerprint density at radius 3 is 2.50 bits per heavy atom. The molecule has 4 aliphatic rings. The summed E-state index contributed by atoms with van der Waals surface area (Å²) in [5.74, 6) is 2.80. The van der Waals surface area contributed by atoms with Gasteiger partial charge >= 0.3 is 0 Å². The molecule has 0 spiro atoms. The number of aryl methyl sites for hydroxylation is 1. The molecule has 1 nitrogen and oxygen atoms in total. The van der Waals surface area contributed by atoms with Crippen LogP contribution in [0.1, 0.15) is 43.2 Å². The summed E-state index contributed by atoms with van der Waals surface area (Å²) in [6, 6.07) is 7.69. The molecule has 0 amide bonds. The Morgan fingerprint density at radius 2 is 1.85 bits per heavy atom. The molecule has 4 aliphatic carbocycles. The van der Waals surface area contributed by atoms with E-state index in [-0.39, 0.29) is 0 Å². The largest absolute Gasteiger partial charge is 0.316 e. The minimum atomic E-state index is 0.484. The molecule has 4 saturated carbocycles. The molecule has 1 aromatic carbocycles. The topological polar surface area (TPSA) is 12.0 Å². The fourth-order valence-electron chi connectivity index (χ4n) is 5.99. The average Bonchev–Trinajstić information content (AvgIpc) is 2.41. The van der Waals surface area contributed by atoms with Gasteiger partial charge in [-0.15, -0.1) is 0 Å². The highest BCUT2D eigenvalue weighted by atomic mass is 79.9. The molecule has 1 N–H and O–H groups in total. The first-order valence-electron chi connectivity index (χ1n) is 8.05. The lowest BCUT2D eigenvalue weighted by atomic mass is 9.46. The van der Waals surface area contributed by atoms with Crippen molar-refractivity contribution in [2.24, 2.45) is 17.8 Å². The molecule has 4 fully saturated rings. The third-order valence-electron chi connectivity index (χ3n) is 6.38. The average molecular weight is 334 g/mol. The Bertz CT molecular complexity index is 522. The Kier molecular flexibility index (Phi) is 3.05. The highest BCUT2D eigenvalue weighted by Crippen LogP contribution is 2.61. The number of halogens is 1. The van der Waals surface area contributed by atoms with Crippen LogP contribution in [0, 0.1) is 24.7 Å². The van der Waals surface area contributed by atoms with Crippen molar-refractivity contribution in [1.29, 1.82) is 0 Å². The summed E-state index contributed by atoms with van der Waals surface area (Å²) in [7, 11) is 2.17. The minimum absolute atomic E-state index is 0.484. The molecule has 0 radical (unpaired) electrons. The summed E-state index contributed by atoms with van der Waals surface area (Å²) in [5, 5.41) is 3.63. The van der Waals surface area contributed by atoms with Gasteiger partial charge in [0.05, 0.1) is 0 Å². The third-order valence-corrected chi connectivity index (χ3v) is 6.87. The number of hydrogen-bond donors (Lipinski definition) is 1. The highest BCUT2D eigenvalue weighted by Gasteiger charge is 2.55. The van der Waals surface area contributed by atoms with Gasteiger partial charge in [0, 0.05) is 10.5 Å². The lowest BCUT2D eigenvalue weighted by Crippen LogP contribution is -2.59. The smallest absolute Gasteiger partial charge is 0.0178 e. The number of rotatable bonds is 2. The summed E-state index contributed by atoms with van der Waals surface area (Å²) in [4.78, 5) is 0. The highest BCUT2D eigenvalue weighted by molar-refractivity contribution is 9.10. The molecule has 2 atom stereocenters. The zero-order valence-corrected chi connectivity index (χ0v) is 14.0. The quantitative estimate of drug-likeness (QED) is 0.844. The number of benzene rings is 1. The van der Waals surface area contributed by atoms with Crippen LogP contribution in [0.5, 0.6) is 0 Å². The zero-order valence-electron chi connectivity index (χ0n) is 12.5. The van der Waals surface area contributed by atoms with Gasteiger partial charge in [-0.2, -0.15) is 0 Å². The van der Waals surface area contributed by atoms with E-state index in [1.54, 1.807) is 5.56 Å². The molecule has 20 heavy (non-hydrogen) atoms. The van der Waals surface area contributed by atoms with E-state index in [1.165, 1.54) is 42.1 Å². The van der Waals surface area contributed by atoms with E-state index in [0.717, 1.165) is 23.8 Å². The van der Waals surface area contributed by atoms with Crippen molar-refractivity contribution in [3.05, 3.63) is 33.8 Å². The summed E-state index contributed by atoms with van der Waals surface area (Å²) < 4.78 is 1.25. The van der Waals surface area contributed by atoms with E-state index in [4.69, 9.17) is 0 Å². The van der Waals surface area contributed by atoms with Gasteiger partial charge in [0.15, 0.2) is 0 Å². The lowest BCUT2D eigenvalue weighted by molar-refractivity contribution is -0.0328. The van der Waals surface area contributed by atoms with Crippen LogP contribution in [-0.2, 0) is 5.41 Å². The molecule has 0 saturated heterocycles. The molecule has 1 aromatic rings. The predicted octanol–water partition coefficient (Wildman–Crippen LogP) is 4.42. The van der Waals surface area contributed by atoms with E-state index in [2.05, 4.69) is 53.4 Å². The van der Waals surface area contributed by atoms with E-state index in [0.29, 0.717) is 5.41 Å². The Hall–Kier alpha value is -0.340. The van der Waals surface area contributed by atoms with Crippen molar-refractivity contribution in [1.82, 2.24) is 5.32 Å². The first-order valence-corrected chi connectivity index (χ1v) is 8.84. The van der Waals surface area contributed by atoms with Gasteiger partial charge in [-0.1, -0.05) is 22.0 Å². The minimum Gasteiger partial charge on any atom is -0.316 e. The molecular formula is C18H24BrN. The lowest BCUT2D eigenvalue weighted by Gasteiger charge is -2.60. The predicted molar refractivity (Wildman–Crippen MR) is 87.0 cm³/mol. The normalized spacial score (nSPS) is 42.1. The summed E-state index contributed by atoms with van der Waals surface area (Å²) in [5.41, 5.74) is 3.62. The van der Waals surface area contributed by atoms with Crippen molar-refractivity contribution in [3.63, 3.8) is 0 Å². The summed E-state index contributed by atoms with van der Waals surface area (Å²) in [6.45, 7) is 2.30.